The summed E-state index contributed by atoms with van der Waals surface area (Å²) in [5, 5.41) is 4.97. The van der Waals surface area contributed by atoms with Crippen LogP contribution in [0, 0.1) is 6.92 Å². The van der Waals surface area contributed by atoms with Crippen molar-refractivity contribution in [3.05, 3.63) is 163 Å². The Morgan fingerprint density at radius 1 is 0.400 bits per heavy atom. The Hall–Kier alpha value is -5.14. The summed E-state index contributed by atoms with van der Waals surface area (Å²) in [6.07, 6.45) is 0. The monoisotopic (exact) mass is 511 g/mol. The van der Waals surface area contributed by atoms with Gasteiger partial charge in [-0.1, -0.05) is 127 Å². The van der Waals surface area contributed by atoms with E-state index in [2.05, 4.69) is 170 Å². The van der Waals surface area contributed by atoms with Crippen LogP contribution in [0.5, 0.6) is 0 Å². The molecule has 0 N–H and O–H groups in total. The molecule has 0 heterocycles. The summed E-state index contributed by atoms with van der Waals surface area (Å²) >= 11 is 0. The Balaban J connectivity index is 1.47. The van der Waals surface area contributed by atoms with Crippen molar-refractivity contribution >= 4 is 38.6 Å². The second kappa shape index (κ2) is 10.2. The van der Waals surface area contributed by atoms with Crippen LogP contribution in [0.2, 0.25) is 0 Å². The third kappa shape index (κ3) is 4.42. The van der Waals surface area contributed by atoms with Gasteiger partial charge in [-0.3, -0.25) is 0 Å². The molecular formula is C39H29N. The minimum atomic E-state index is 1.13. The van der Waals surface area contributed by atoms with Crippen molar-refractivity contribution in [2.24, 2.45) is 0 Å². The summed E-state index contributed by atoms with van der Waals surface area (Å²) in [5.74, 6) is 0. The molecule has 7 aromatic carbocycles. The SMILES string of the molecule is Cc1ccc(N(c2ccc(-c3ccccc3)cc2)c2ccc3ccccc3c2-c2ccc3ccccc3c2)cc1. The largest absolute Gasteiger partial charge is 0.310 e. The van der Waals surface area contributed by atoms with E-state index in [0.29, 0.717) is 0 Å². The Morgan fingerprint density at radius 2 is 0.950 bits per heavy atom. The lowest BCUT2D eigenvalue weighted by molar-refractivity contribution is 1.28. The van der Waals surface area contributed by atoms with Crippen LogP contribution < -0.4 is 4.90 Å². The summed E-state index contributed by atoms with van der Waals surface area (Å²) in [5.41, 5.74) is 9.54. The van der Waals surface area contributed by atoms with Crippen molar-refractivity contribution in [1.82, 2.24) is 0 Å². The molecule has 0 spiro atoms. The second-order valence-corrected chi connectivity index (χ2v) is 10.3. The fraction of sp³-hybridized carbons (Fsp3) is 0.0256. The van der Waals surface area contributed by atoms with Crippen LogP contribution in [0.15, 0.2) is 158 Å². The number of fused-ring (bicyclic) bond motifs is 2. The Labute approximate surface area is 235 Å². The van der Waals surface area contributed by atoms with Crippen LogP contribution >= 0.6 is 0 Å². The van der Waals surface area contributed by atoms with Gasteiger partial charge in [-0.25, -0.2) is 0 Å². The maximum absolute atomic E-state index is 2.39. The third-order valence-corrected chi connectivity index (χ3v) is 7.71. The standard InChI is InChI=1S/C39H29N/c1-28-15-22-35(23-16-28)40(36-24-19-31(20-25-36)29-9-3-2-4-10-29)38-26-21-32-12-7-8-14-37(32)39(38)34-18-17-30-11-5-6-13-33(30)27-34/h2-27H,1H3. The van der Waals surface area contributed by atoms with E-state index < -0.39 is 0 Å². The van der Waals surface area contributed by atoms with Crippen molar-refractivity contribution in [2.45, 2.75) is 6.92 Å². The molecule has 0 aliphatic rings. The molecule has 0 aromatic heterocycles. The third-order valence-electron chi connectivity index (χ3n) is 7.71. The minimum Gasteiger partial charge on any atom is -0.310 e. The lowest BCUT2D eigenvalue weighted by Gasteiger charge is -2.29. The van der Waals surface area contributed by atoms with Crippen LogP contribution in [0.4, 0.5) is 17.1 Å². The minimum absolute atomic E-state index is 1.13. The van der Waals surface area contributed by atoms with Crippen molar-refractivity contribution in [3.63, 3.8) is 0 Å². The molecule has 0 aliphatic carbocycles. The molecule has 0 saturated heterocycles. The molecule has 0 amide bonds. The van der Waals surface area contributed by atoms with Gasteiger partial charge in [-0.05, 0) is 81.6 Å². The molecule has 0 bridgehead atoms. The first kappa shape index (κ1) is 23.9. The van der Waals surface area contributed by atoms with Gasteiger partial charge in [0.05, 0.1) is 5.69 Å². The van der Waals surface area contributed by atoms with Gasteiger partial charge in [0, 0.05) is 16.9 Å². The van der Waals surface area contributed by atoms with Crippen LogP contribution in [0.3, 0.4) is 0 Å². The highest BCUT2D eigenvalue weighted by atomic mass is 15.1. The summed E-state index contributed by atoms with van der Waals surface area (Å²) in [7, 11) is 0. The summed E-state index contributed by atoms with van der Waals surface area (Å²) in [4.78, 5) is 2.39. The number of hydrogen-bond donors (Lipinski definition) is 0. The lowest BCUT2D eigenvalue weighted by atomic mass is 9.93. The summed E-state index contributed by atoms with van der Waals surface area (Å²) in [6.45, 7) is 2.14. The predicted molar refractivity (Wildman–Crippen MR) is 172 cm³/mol. The Bertz CT molecular complexity index is 1930. The number of benzene rings is 7. The van der Waals surface area contributed by atoms with Crippen molar-refractivity contribution in [2.75, 3.05) is 4.90 Å². The van der Waals surface area contributed by atoms with Gasteiger partial charge in [0.1, 0.15) is 0 Å². The van der Waals surface area contributed by atoms with Crippen LogP contribution in [0.1, 0.15) is 5.56 Å². The quantitative estimate of drug-likeness (QED) is 0.222. The molecule has 0 radical (unpaired) electrons. The smallest absolute Gasteiger partial charge is 0.0546 e. The van der Waals surface area contributed by atoms with Crippen molar-refractivity contribution < 1.29 is 0 Å². The second-order valence-electron chi connectivity index (χ2n) is 10.3. The van der Waals surface area contributed by atoms with E-state index in [-0.39, 0.29) is 0 Å². The topological polar surface area (TPSA) is 3.24 Å². The number of anilines is 3. The molecule has 7 aromatic rings. The first-order valence-corrected chi connectivity index (χ1v) is 13.8. The molecule has 0 fully saturated rings. The van der Waals surface area contributed by atoms with Gasteiger partial charge >= 0.3 is 0 Å². The van der Waals surface area contributed by atoms with Gasteiger partial charge in [-0.15, -0.1) is 0 Å². The molecule has 1 heteroatoms. The molecule has 40 heavy (non-hydrogen) atoms. The van der Waals surface area contributed by atoms with Crippen LogP contribution in [-0.4, -0.2) is 0 Å². The molecule has 0 unspecified atom stereocenters. The molecule has 190 valence electrons. The van der Waals surface area contributed by atoms with E-state index in [1.807, 2.05) is 0 Å². The highest BCUT2D eigenvalue weighted by Crippen LogP contribution is 2.45. The average molecular weight is 512 g/mol. The van der Waals surface area contributed by atoms with E-state index in [1.54, 1.807) is 0 Å². The van der Waals surface area contributed by atoms with E-state index in [0.717, 1.165) is 17.1 Å². The van der Waals surface area contributed by atoms with Crippen LogP contribution in [0.25, 0.3) is 43.8 Å². The first-order valence-electron chi connectivity index (χ1n) is 13.8. The number of rotatable bonds is 5. The normalized spacial score (nSPS) is 11.1. The number of aryl methyl sites for hydroxylation is 1. The van der Waals surface area contributed by atoms with Gasteiger partial charge in [-0.2, -0.15) is 0 Å². The zero-order valence-corrected chi connectivity index (χ0v) is 22.5. The predicted octanol–water partition coefficient (Wildman–Crippen LogP) is 11.1. The Morgan fingerprint density at radius 3 is 1.70 bits per heavy atom. The highest BCUT2D eigenvalue weighted by molar-refractivity contribution is 6.06. The van der Waals surface area contributed by atoms with E-state index in [4.69, 9.17) is 0 Å². The van der Waals surface area contributed by atoms with Gasteiger partial charge in [0.25, 0.3) is 0 Å². The fourth-order valence-corrected chi connectivity index (χ4v) is 5.65. The van der Waals surface area contributed by atoms with Gasteiger partial charge < -0.3 is 4.90 Å². The average Bonchev–Trinajstić information content (AvgIpc) is 3.02. The maximum Gasteiger partial charge on any atom is 0.0546 e. The first-order chi connectivity index (χ1) is 19.7. The molecule has 0 saturated carbocycles. The van der Waals surface area contributed by atoms with Crippen LogP contribution in [-0.2, 0) is 0 Å². The van der Waals surface area contributed by atoms with E-state index >= 15 is 0 Å². The van der Waals surface area contributed by atoms with Crippen molar-refractivity contribution in [1.29, 1.82) is 0 Å². The molecular weight excluding hydrogens is 482 g/mol. The highest BCUT2D eigenvalue weighted by Gasteiger charge is 2.20. The molecule has 0 atom stereocenters. The molecule has 1 nitrogen and oxygen atoms in total. The molecule has 0 aliphatic heterocycles. The number of nitrogens with zero attached hydrogens (tertiary/aromatic N) is 1. The summed E-state index contributed by atoms with van der Waals surface area (Å²) in [6, 6.07) is 57.0. The lowest BCUT2D eigenvalue weighted by Crippen LogP contribution is -2.11. The zero-order valence-electron chi connectivity index (χ0n) is 22.5. The Kier molecular flexibility index (Phi) is 6.11. The van der Waals surface area contributed by atoms with Gasteiger partial charge in [0.15, 0.2) is 0 Å². The van der Waals surface area contributed by atoms with E-state index in [9.17, 15) is 0 Å². The maximum atomic E-state index is 2.39. The van der Waals surface area contributed by atoms with Gasteiger partial charge in [0.2, 0.25) is 0 Å². The number of hydrogen-bond acceptors (Lipinski definition) is 1. The fourth-order valence-electron chi connectivity index (χ4n) is 5.65. The van der Waals surface area contributed by atoms with E-state index in [1.165, 1.54) is 49.4 Å². The zero-order chi connectivity index (χ0) is 26.9. The molecule has 7 rings (SSSR count). The summed E-state index contributed by atoms with van der Waals surface area (Å²) < 4.78 is 0. The van der Waals surface area contributed by atoms with Crippen molar-refractivity contribution in [3.8, 4) is 22.3 Å².